The molecule has 1 heterocycles. The molecule has 0 aromatic heterocycles. The number of quaternary nitrogens is 1. The monoisotopic (exact) mass is 316 g/mol. The van der Waals surface area contributed by atoms with Crippen LogP contribution in [0, 0.1) is 11.8 Å². The topological polar surface area (TPSA) is 21.5 Å². The van der Waals surface area contributed by atoms with Crippen molar-refractivity contribution in [2.45, 2.75) is 56.7 Å². The lowest BCUT2D eigenvalue weighted by atomic mass is 9.85. The predicted octanol–water partition coefficient (Wildman–Crippen LogP) is 2.21. The van der Waals surface area contributed by atoms with Crippen molar-refractivity contribution < 1.29 is 9.69 Å². The van der Waals surface area contributed by atoms with Gasteiger partial charge < -0.3 is 4.90 Å². The molecule has 1 N–H and O–H groups in total. The third-order valence-corrected chi connectivity index (χ3v) is 5.84. The fourth-order valence-electron chi connectivity index (χ4n) is 3.44. The van der Waals surface area contributed by atoms with Gasteiger partial charge in [-0.3, -0.25) is 4.79 Å². The SMILES string of the molecule is CCC1CC[NH+](CC(=O)C2CCC(Br)CC2)CC1. The van der Waals surface area contributed by atoms with Crippen LogP contribution in [-0.2, 0) is 4.79 Å². The fourth-order valence-corrected chi connectivity index (χ4v) is 3.96. The molecule has 0 amide bonds. The molecule has 1 aliphatic carbocycles. The number of rotatable bonds is 4. The third-order valence-electron chi connectivity index (χ3n) is 4.93. The van der Waals surface area contributed by atoms with Gasteiger partial charge in [-0.2, -0.15) is 0 Å². The number of nitrogens with one attached hydrogen (secondary N) is 1. The molecule has 18 heavy (non-hydrogen) atoms. The molecule has 0 radical (unpaired) electrons. The molecule has 1 aliphatic heterocycles. The van der Waals surface area contributed by atoms with Gasteiger partial charge in [-0.25, -0.2) is 0 Å². The van der Waals surface area contributed by atoms with Crippen molar-refractivity contribution in [3.8, 4) is 0 Å². The minimum absolute atomic E-state index is 0.371. The molecule has 0 unspecified atom stereocenters. The molecule has 0 aromatic carbocycles. The van der Waals surface area contributed by atoms with Gasteiger partial charge in [0.05, 0.1) is 13.1 Å². The van der Waals surface area contributed by atoms with Crippen LogP contribution in [0.4, 0.5) is 0 Å². The number of hydrogen-bond acceptors (Lipinski definition) is 1. The highest BCUT2D eigenvalue weighted by Crippen LogP contribution is 2.28. The number of ketones is 1. The van der Waals surface area contributed by atoms with Crippen LogP contribution in [0.3, 0.4) is 0 Å². The van der Waals surface area contributed by atoms with Gasteiger partial charge >= 0.3 is 0 Å². The van der Waals surface area contributed by atoms with Crippen LogP contribution in [-0.4, -0.2) is 30.2 Å². The van der Waals surface area contributed by atoms with Crippen LogP contribution < -0.4 is 4.90 Å². The first-order chi connectivity index (χ1) is 8.69. The van der Waals surface area contributed by atoms with Crippen molar-refractivity contribution in [2.75, 3.05) is 19.6 Å². The summed E-state index contributed by atoms with van der Waals surface area (Å²) in [5.41, 5.74) is 0. The van der Waals surface area contributed by atoms with Crippen molar-refractivity contribution in [1.29, 1.82) is 0 Å². The Hall–Kier alpha value is 0.110. The summed E-state index contributed by atoms with van der Waals surface area (Å²) in [6.07, 6.45) is 8.56. The zero-order valence-electron chi connectivity index (χ0n) is 11.6. The first-order valence-corrected chi connectivity index (χ1v) is 8.61. The van der Waals surface area contributed by atoms with Gasteiger partial charge in [0.15, 0.2) is 5.78 Å². The van der Waals surface area contributed by atoms with Crippen LogP contribution in [0.5, 0.6) is 0 Å². The Morgan fingerprint density at radius 3 is 2.28 bits per heavy atom. The highest BCUT2D eigenvalue weighted by molar-refractivity contribution is 9.09. The second-order valence-corrected chi connectivity index (χ2v) is 7.49. The number of Topliss-reactive ketones (excluding diaryl/α,β-unsaturated/α-hetero) is 1. The van der Waals surface area contributed by atoms with Gasteiger partial charge in [0.25, 0.3) is 0 Å². The van der Waals surface area contributed by atoms with E-state index >= 15 is 0 Å². The van der Waals surface area contributed by atoms with Crippen LogP contribution in [0.2, 0.25) is 0 Å². The summed E-state index contributed by atoms with van der Waals surface area (Å²) in [5, 5.41) is 0. The molecule has 1 saturated carbocycles. The Bertz CT molecular complexity index is 266. The zero-order valence-corrected chi connectivity index (χ0v) is 13.2. The summed E-state index contributed by atoms with van der Waals surface area (Å²) < 4.78 is 0. The molecule has 104 valence electrons. The van der Waals surface area contributed by atoms with Crippen LogP contribution in [0.1, 0.15) is 51.9 Å². The van der Waals surface area contributed by atoms with Gasteiger partial charge in [0, 0.05) is 10.7 Å². The van der Waals surface area contributed by atoms with Crippen LogP contribution in [0.25, 0.3) is 0 Å². The Morgan fingerprint density at radius 2 is 1.72 bits per heavy atom. The predicted molar refractivity (Wildman–Crippen MR) is 78.3 cm³/mol. The molecular weight excluding hydrogens is 290 g/mol. The minimum atomic E-state index is 0.371. The first-order valence-electron chi connectivity index (χ1n) is 7.69. The number of piperidine rings is 1. The molecule has 0 aromatic rings. The number of likely N-dealkylation sites (tertiary alicyclic amines) is 1. The molecule has 2 fully saturated rings. The van der Waals surface area contributed by atoms with E-state index in [1.807, 2.05) is 0 Å². The highest BCUT2D eigenvalue weighted by atomic mass is 79.9. The van der Waals surface area contributed by atoms with Crippen molar-refractivity contribution in [2.24, 2.45) is 11.8 Å². The normalized spacial score (nSPS) is 37.4. The second kappa shape index (κ2) is 7.04. The van der Waals surface area contributed by atoms with Gasteiger partial charge in [-0.05, 0) is 44.4 Å². The van der Waals surface area contributed by atoms with E-state index < -0.39 is 0 Å². The van der Waals surface area contributed by atoms with E-state index in [-0.39, 0.29) is 0 Å². The first kappa shape index (κ1) is 14.5. The highest BCUT2D eigenvalue weighted by Gasteiger charge is 2.29. The Morgan fingerprint density at radius 1 is 1.11 bits per heavy atom. The van der Waals surface area contributed by atoms with Crippen LogP contribution in [0.15, 0.2) is 0 Å². The summed E-state index contributed by atoms with van der Waals surface area (Å²) in [4.78, 5) is 14.5. The molecular formula is C15H27BrNO+. The molecule has 2 aliphatic rings. The summed E-state index contributed by atoms with van der Waals surface area (Å²) in [5.74, 6) is 1.84. The average molecular weight is 317 g/mol. The molecule has 0 atom stereocenters. The van der Waals surface area contributed by atoms with Crippen molar-refractivity contribution in [3.63, 3.8) is 0 Å². The summed E-state index contributed by atoms with van der Waals surface area (Å²) in [6.45, 7) is 5.53. The maximum Gasteiger partial charge on any atom is 0.189 e. The number of hydrogen-bond donors (Lipinski definition) is 1. The molecule has 0 spiro atoms. The maximum atomic E-state index is 12.3. The average Bonchev–Trinajstić information content (AvgIpc) is 2.40. The van der Waals surface area contributed by atoms with Crippen molar-refractivity contribution in [3.05, 3.63) is 0 Å². The Labute approximate surface area is 120 Å². The van der Waals surface area contributed by atoms with E-state index in [0.29, 0.717) is 16.5 Å². The lowest BCUT2D eigenvalue weighted by Gasteiger charge is -2.30. The summed E-state index contributed by atoms with van der Waals surface area (Å²) in [7, 11) is 0. The molecule has 3 heteroatoms. The van der Waals surface area contributed by atoms with E-state index in [1.54, 1.807) is 4.90 Å². The quantitative estimate of drug-likeness (QED) is 0.789. The van der Waals surface area contributed by atoms with Crippen molar-refractivity contribution in [1.82, 2.24) is 0 Å². The zero-order chi connectivity index (χ0) is 13.0. The van der Waals surface area contributed by atoms with Gasteiger partial charge in [0.1, 0.15) is 6.54 Å². The molecule has 2 rings (SSSR count). The number of alkyl halides is 1. The maximum absolute atomic E-state index is 12.3. The largest absolute Gasteiger partial charge is 0.329 e. The molecule has 1 saturated heterocycles. The van der Waals surface area contributed by atoms with E-state index in [0.717, 1.165) is 25.3 Å². The smallest absolute Gasteiger partial charge is 0.189 e. The lowest BCUT2D eigenvalue weighted by Crippen LogP contribution is -3.14. The number of halogens is 1. The standard InChI is InChI=1S/C15H26BrNO/c1-2-12-7-9-17(10-8-12)11-15(18)13-3-5-14(16)6-4-13/h12-14H,2-11H2,1H3/p+1. The van der Waals surface area contributed by atoms with Gasteiger partial charge in [-0.15, -0.1) is 0 Å². The summed E-state index contributed by atoms with van der Waals surface area (Å²) in [6, 6.07) is 0. The van der Waals surface area contributed by atoms with Crippen LogP contribution >= 0.6 is 15.9 Å². The van der Waals surface area contributed by atoms with E-state index in [9.17, 15) is 4.79 Å². The van der Waals surface area contributed by atoms with E-state index in [2.05, 4.69) is 22.9 Å². The lowest BCUT2D eigenvalue weighted by molar-refractivity contribution is -0.898. The Balaban J connectivity index is 1.71. The second-order valence-electron chi connectivity index (χ2n) is 6.19. The van der Waals surface area contributed by atoms with E-state index in [4.69, 9.17) is 0 Å². The Kier molecular flexibility index (Phi) is 5.68. The summed E-state index contributed by atoms with van der Waals surface area (Å²) >= 11 is 3.66. The molecule has 0 bridgehead atoms. The van der Waals surface area contributed by atoms with Gasteiger partial charge in [-0.1, -0.05) is 29.3 Å². The molecule has 2 nitrogen and oxygen atoms in total. The van der Waals surface area contributed by atoms with E-state index in [1.165, 1.54) is 45.2 Å². The van der Waals surface area contributed by atoms with Gasteiger partial charge in [0.2, 0.25) is 0 Å². The van der Waals surface area contributed by atoms with Crippen molar-refractivity contribution >= 4 is 21.7 Å². The third kappa shape index (κ3) is 4.06. The fraction of sp³-hybridized carbons (Fsp3) is 0.933. The number of carbonyl (C=O) groups excluding carboxylic acids is 1. The number of carbonyl (C=O) groups is 1. The minimum Gasteiger partial charge on any atom is -0.329 e.